The summed E-state index contributed by atoms with van der Waals surface area (Å²) in [5.41, 5.74) is 3.93. The van der Waals surface area contributed by atoms with E-state index in [0.29, 0.717) is 33.7 Å². The van der Waals surface area contributed by atoms with Crippen LogP contribution in [0.3, 0.4) is 0 Å². The third-order valence-corrected chi connectivity index (χ3v) is 8.16. The second-order valence-corrected chi connectivity index (χ2v) is 11.3. The molecule has 1 fully saturated rings. The average molecular weight is 507 g/mol. The predicted molar refractivity (Wildman–Crippen MR) is 130 cm³/mol. The number of anilines is 2. The first kappa shape index (κ1) is 23.5. The van der Waals surface area contributed by atoms with Crippen molar-refractivity contribution in [3.05, 3.63) is 63.4 Å². The van der Waals surface area contributed by atoms with Gasteiger partial charge in [-0.05, 0) is 38.5 Å². The van der Waals surface area contributed by atoms with Crippen LogP contribution in [-0.4, -0.2) is 40.7 Å². The number of benzene rings is 1. The number of halogens is 1. The van der Waals surface area contributed by atoms with Gasteiger partial charge in [0.1, 0.15) is 11.8 Å². The molecule has 1 aromatic carbocycles. The normalized spacial score (nSPS) is 17.5. The third kappa shape index (κ3) is 5.82. The first-order chi connectivity index (χ1) is 15.7. The Balaban J connectivity index is 1.33. The SMILES string of the molecule is Cc1ccc(Nc2nc(COC(=O)C=Cc3c(C)nn(C4CCS(=O)(=O)C4)c3Cl)cs2)cc1. The fourth-order valence-corrected chi connectivity index (χ4v) is 6.25. The van der Waals surface area contributed by atoms with Crippen molar-refractivity contribution in [2.75, 3.05) is 16.8 Å². The Morgan fingerprint density at radius 2 is 2.09 bits per heavy atom. The second-order valence-electron chi connectivity index (χ2n) is 7.87. The van der Waals surface area contributed by atoms with Gasteiger partial charge in [0.05, 0.1) is 28.9 Å². The zero-order valence-electron chi connectivity index (χ0n) is 18.1. The number of ether oxygens (including phenoxy) is 1. The summed E-state index contributed by atoms with van der Waals surface area (Å²) >= 11 is 7.85. The first-order valence-electron chi connectivity index (χ1n) is 10.3. The highest BCUT2D eigenvalue weighted by Gasteiger charge is 2.31. The Morgan fingerprint density at radius 1 is 1.33 bits per heavy atom. The molecule has 1 unspecified atom stereocenters. The molecule has 0 spiro atoms. The van der Waals surface area contributed by atoms with Crippen LogP contribution in [0.2, 0.25) is 5.15 Å². The molecule has 3 heterocycles. The van der Waals surface area contributed by atoms with Crippen LogP contribution in [0.1, 0.15) is 35.0 Å². The Bertz CT molecular complexity index is 1300. The molecule has 2 aromatic heterocycles. The number of aryl methyl sites for hydroxylation is 2. The highest BCUT2D eigenvalue weighted by molar-refractivity contribution is 7.91. The largest absolute Gasteiger partial charge is 0.456 e. The summed E-state index contributed by atoms with van der Waals surface area (Å²) in [4.78, 5) is 16.6. The molecule has 1 atom stereocenters. The number of nitrogens with one attached hydrogen (secondary N) is 1. The van der Waals surface area contributed by atoms with E-state index in [2.05, 4.69) is 15.4 Å². The van der Waals surface area contributed by atoms with E-state index in [0.717, 1.165) is 5.69 Å². The standard InChI is InChI=1S/C22H23ClN4O4S2/c1-14-3-5-16(6-4-14)24-22-25-17(12-32-22)11-31-20(28)8-7-19-15(2)26-27(21(19)23)18-9-10-33(29,30)13-18/h3-8,12,18H,9-11,13H2,1-2H3,(H,24,25). The van der Waals surface area contributed by atoms with Gasteiger partial charge in [-0.15, -0.1) is 11.3 Å². The third-order valence-electron chi connectivity index (χ3n) is 5.23. The number of rotatable bonds is 7. The lowest BCUT2D eigenvalue weighted by atomic mass is 10.2. The maximum absolute atomic E-state index is 12.2. The van der Waals surface area contributed by atoms with Crippen LogP contribution in [0.15, 0.2) is 35.7 Å². The summed E-state index contributed by atoms with van der Waals surface area (Å²) in [6.45, 7) is 3.83. The number of sulfone groups is 1. The van der Waals surface area contributed by atoms with E-state index in [1.54, 1.807) is 13.0 Å². The second kappa shape index (κ2) is 9.66. The monoisotopic (exact) mass is 506 g/mol. The van der Waals surface area contributed by atoms with Crippen LogP contribution in [-0.2, 0) is 26.0 Å². The van der Waals surface area contributed by atoms with Crippen molar-refractivity contribution in [1.82, 2.24) is 14.8 Å². The van der Waals surface area contributed by atoms with Gasteiger partial charge in [0.25, 0.3) is 0 Å². The van der Waals surface area contributed by atoms with Crippen LogP contribution in [0.5, 0.6) is 0 Å². The number of carbonyl (C=O) groups is 1. The van der Waals surface area contributed by atoms with E-state index >= 15 is 0 Å². The fourth-order valence-electron chi connectivity index (χ4n) is 3.47. The summed E-state index contributed by atoms with van der Waals surface area (Å²) in [5.74, 6) is -0.390. The number of carbonyl (C=O) groups excluding carboxylic acids is 1. The molecule has 0 saturated carbocycles. The Hall–Kier alpha value is -2.69. The molecule has 4 rings (SSSR count). The number of aromatic nitrogens is 3. The zero-order chi connectivity index (χ0) is 23.6. The maximum atomic E-state index is 12.2. The van der Waals surface area contributed by atoms with Gasteiger partial charge in [-0.25, -0.2) is 22.9 Å². The van der Waals surface area contributed by atoms with Gasteiger partial charge in [0.15, 0.2) is 15.0 Å². The summed E-state index contributed by atoms with van der Waals surface area (Å²) in [6, 6.07) is 7.68. The molecule has 8 nitrogen and oxygen atoms in total. The molecule has 3 aromatic rings. The molecular formula is C22H23ClN4O4S2. The van der Waals surface area contributed by atoms with Gasteiger partial charge in [-0.1, -0.05) is 29.3 Å². The molecule has 0 bridgehead atoms. The van der Waals surface area contributed by atoms with E-state index in [4.69, 9.17) is 16.3 Å². The van der Waals surface area contributed by atoms with E-state index in [1.807, 2.05) is 36.6 Å². The molecule has 174 valence electrons. The van der Waals surface area contributed by atoms with E-state index < -0.39 is 15.8 Å². The van der Waals surface area contributed by atoms with Crippen molar-refractivity contribution < 1.29 is 17.9 Å². The van der Waals surface area contributed by atoms with E-state index in [-0.39, 0.29) is 24.2 Å². The average Bonchev–Trinajstić information content (AvgIpc) is 3.44. The molecule has 0 amide bonds. The molecule has 1 saturated heterocycles. The smallest absolute Gasteiger partial charge is 0.331 e. The minimum absolute atomic E-state index is 0.0213. The predicted octanol–water partition coefficient (Wildman–Crippen LogP) is 4.47. The molecule has 0 aliphatic carbocycles. The van der Waals surface area contributed by atoms with Gasteiger partial charge in [0, 0.05) is 22.7 Å². The number of hydrogen-bond acceptors (Lipinski definition) is 8. The molecule has 33 heavy (non-hydrogen) atoms. The van der Waals surface area contributed by atoms with Crippen molar-refractivity contribution in [3.8, 4) is 0 Å². The van der Waals surface area contributed by atoms with Gasteiger partial charge < -0.3 is 10.1 Å². The number of thiazole rings is 1. The van der Waals surface area contributed by atoms with Crippen LogP contribution in [0.4, 0.5) is 10.8 Å². The Morgan fingerprint density at radius 3 is 2.79 bits per heavy atom. The minimum atomic E-state index is -3.06. The van der Waals surface area contributed by atoms with Gasteiger partial charge in [0.2, 0.25) is 0 Å². The van der Waals surface area contributed by atoms with Gasteiger partial charge in [-0.3, -0.25) is 0 Å². The van der Waals surface area contributed by atoms with Crippen LogP contribution < -0.4 is 5.32 Å². The summed E-state index contributed by atoms with van der Waals surface area (Å²) in [5, 5.41) is 10.4. The molecule has 1 N–H and O–H groups in total. The Kier molecular flexibility index (Phi) is 6.87. The van der Waals surface area contributed by atoms with Gasteiger partial charge in [-0.2, -0.15) is 5.10 Å². The van der Waals surface area contributed by atoms with Crippen LogP contribution >= 0.6 is 22.9 Å². The Labute approximate surface area is 201 Å². The summed E-state index contributed by atoms with van der Waals surface area (Å²) in [6.07, 6.45) is 3.30. The van der Waals surface area contributed by atoms with Crippen LogP contribution in [0, 0.1) is 13.8 Å². The molecule has 0 radical (unpaired) electrons. The highest BCUT2D eigenvalue weighted by atomic mass is 35.5. The first-order valence-corrected chi connectivity index (χ1v) is 13.4. The molecule has 1 aliphatic heterocycles. The molecule has 1 aliphatic rings. The van der Waals surface area contributed by atoms with E-state index in [1.165, 1.54) is 27.7 Å². The van der Waals surface area contributed by atoms with Crippen molar-refractivity contribution >= 4 is 55.6 Å². The van der Waals surface area contributed by atoms with Crippen molar-refractivity contribution in [1.29, 1.82) is 0 Å². The van der Waals surface area contributed by atoms with Crippen molar-refractivity contribution in [3.63, 3.8) is 0 Å². The number of esters is 1. The lowest BCUT2D eigenvalue weighted by Crippen LogP contribution is -2.12. The fraction of sp³-hybridized carbons (Fsp3) is 0.318. The quantitative estimate of drug-likeness (QED) is 0.372. The van der Waals surface area contributed by atoms with Crippen molar-refractivity contribution in [2.24, 2.45) is 0 Å². The lowest BCUT2D eigenvalue weighted by molar-refractivity contribution is -0.139. The van der Waals surface area contributed by atoms with Gasteiger partial charge >= 0.3 is 5.97 Å². The zero-order valence-corrected chi connectivity index (χ0v) is 20.5. The number of nitrogens with zero attached hydrogens (tertiary/aromatic N) is 3. The highest BCUT2D eigenvalue weighted by Crippen LogP contribution is 2.30. The summed E-state index contributed by atoms with van der Waals surface area (Å²) < 4.78 is 30.3. The number of hydrogen-bond donors (Lipinski definition) is 1. The minimum Gasteiger partial charge on any atom is -0.456 e. The lowest BCUT2D eigenvalue weighted by Gasteiger charge is -2.09. The van der Waals surface area contributed by atoms with Crippen molar-refractivity contribution in [2.45, 2.75) is 32.9 Å². The molecular weight excluding hydrogens is 484 g/mol. The topological polar surface area (TPSA) is 103 Å². The molecule has 11 heteroatoms. The summed E-state index contributed by atoms with van der Waals surface area (Å²) in [7, 11) is -3.06. The van der Waals surface area contributed by atoms with Crippen LogP contribution in [0.25, 0.3) is 6.08 Å². The maximum Gasteiger partial charge on any atom is 0.331 e. The van der Waals surface area contributed by atoms with E-state index in [9.17, 15) is 13.2 Å².